The number of aromatic nitrogens is 5. The van der Waals surface area contributed by atoms with Gasteiger partial charge >= 0.3 is 0 Å². The van der Waals surface area contributed by atoms with Gasteiger partial charge in [-0.15, -0.1) is 0 Å². The second-order valence-electron chi connectivity index (χ2n) is 5.47. The van der Waals surface area contributed by atoms with Gasteiger partial charge in [-0.2, -0.15) is 10.1 Å². The van der Waals surface area contributed by atoms with Crippen LogP contribution in [0.2, 0.25) is 0 Å². The molecule has 0 saturated carbocycles. The number of rotatable bonds is 6. The van der Waals surface area contributed by atoms with E-state index in [2.05, 4.69) is 30.6 Å². The quantitative estimate of drug-likeness (QED) is 0.564. The van der Waals surface area contributed by atoms with E-state index in [0.717, 1.165) is 17.0 Å². The molecule has 0 unspecified atom stereocenters. The summed E-state index contributed by atoms with van der Waals surface area (Å²) in [6.45, 7) is 0.417. The average Bonchev–Trinajstić information content (AvgIpc) is 3.36. The molecular formula is C18H16N6O. The lowest BCUT2D eigenvalue weighted by Gasteiger charge is -2.15. The van der Waals surface area contributed by atoms with Crippen molar-refractivity contribution in [3.05, 3.63) is 84.3 Å². The van der Waals surface area contributed by atoms with E-state index < -0.39 is 0 Å². The molecule has 0 bridgehead atoms. The standard InChI is InChI=1S/C18H16N6O/c1-3-7-13(8-4-1)16(18-20-12-21-23-18)19-11-15-22-17(24-25-15)14-9-5-2-6-10-14/h1-10,12,16,19H,11H2,(H,20,21,23)/t16-/m1/s1. The summed E-state index contributed by atoms with van der Waals surface area (Å²) in [5.74, 6) is 1.82. The Bertz CT molecular complexity index is 905. The van der Waals surface area contributed by atoms with E-state index >= 15 is 0 Å². The van der Waals surface area contributed by atoms with Gasteiger partial charge in [-0.05, 0) is 5.56 Å². The predicted octanol–water partition coefficient (Wildman–Crippen LogP) is 2.73. The van der Waals surface area contributed by atoms with Gasteiger partial charge in [-0.3, -0.25) is 10.4 Å². The van der Waals surface area contributed by atoms with Crippen LogP contribution in [0.25, 0.3) is 11.4 Å². The molecule has 1 atom stereocenters. The molecule has 0 radical (unpaired) electrons. The van der Waals surface area contributed by atoms with Crippen LogP contribution < -0.4 is 5.32 Å². The number of nitrogens with one attached hydrogen (secondary N) is 2. The summed E-state index contributed by atoms with van der Waals surface area (Å²) in [6, 6.07) is 19.6. The first-order valence-electron chi connectivity index (χ1n) is 7.92. The highest BCUT2D eigenvalue weighted by Gasteiger charge is 2.18. The van der Waals surface area contributed by atoms with Crippen molar-refractivity contribution in [2.75, 3.05) is 0 Å². The summed E-state index contributed by atoms with van der Waals surface area (Å²) in [5, 5.41) is 14.3. The van der Waals surface area contributed by atoms with E-state index in [-0.39, 0.29) is 6.04 Å². The largest absolute Gasteiger partial charge is 0.338 e. The molecule has 4 aromatic rings. The van der Waals surface area contributed by atoms with Gasteiger partial charge in [0.1, 0.15) is 12.2 Å². The maximum Gasteiger partial charge on any atom is 0.240 e. The van der Waals surface area contributed by atoms with Crippen LogP contribution in [0, 0.1) is 0 Å². The van der Waals surface area contributed by atoms with Gasteiger partial charge in [0.15, 0.2) is 0 Å². The molecule has 0 fully saturated rings. The minimum absolute atomic E-state index is 0.143. The molecule has 2 aromatic heterocycles. The van der Waals surface area contributed by atoms with Gasteiger partial charge in [0.25, 0.3) is 0 Å². The molecule has 0 saturated heterocycles. The van der Waals surface area contributed by atoms with Crippen molar-refractivity contribution in [3.63, 3.8) is 0 Å². The fraction of sp³-hybridized carbons (Fsp3) is 0.111. The first-order chi connectivity index (χ1) is 12.4. The minimum atomic E-state index is -0.143. The zero-order valence-corrected chi connectivity index (χ0v) is 13.3. The van der Waals surface area contributed by atoms with Crippen molar-refractivity contribution >= 4 is 0 Å². The Morgan fingerprint density at radius 2 is 1.76 bits per heavy atom. The van der Waals surface area contributed by atoms with E-state index in [1.54, 1.807) is 0 Å². The molecule has 2 N–H and O–H groups in total. The van der Waals surface area contributed by atoms with Crippen molar-refractivity contribution in [1.29, 1.82) is 0 Å². The molecule has 4 rings (SSSR count). The van der Waals surface area contributed by atoms with Crippen molar-refractivity contribution < 1.29 is 4.52 Å². The normalized spacial score (nSPS) is 12.2. The number of benzene rings is 2. The second-order valence-corrected chi connectivity index (χ2v) is 5.47. The summed E-state index contributed by atoms with van der Waals surface area (Å²) >= 11 is 0. The molecule has 0 aliphatic rings. The van der Waals surface area contributed by atoms with Gasteiger partial charge in [0, 0.05) is 5.56 Å². The van der Waals surface area contributed by atoms with Crippen molar-refractivity contribution in [1.82, 2.24) is 30.6 Å². The first-order valence-corrected chi connectivity index (χ1v) is 7.92. The topological polar surface area (TPSA) is 92.5 Å². The second kappa shape index (κ2) is 7.06. The van der Waals surface area contributed by atoms with Crippen LogP contribution in [0.5, 0.6) is 0 Å². The third-order valence-electron chi connectivity index (χ3n) is 3.80. The fourth-order valence-electron chi connectivity index (χ4n) is 2.59. The smallest absolute Gasteiger partial charge is 0.240 e. The van der Waals surface area contributed by atoms with Gasteiger partial charge in [0.05, 0.1) is 12.6 Å². The van der Waals surface area contributed by atoms with Crippen LogP contribution in [-0.4, -0.2) is 25.3 Å². The van der Waals surface area contributed by atoms with E-state index in [9.17, 15) is 0 Å². The van der Waals surface area contributed by atoms with Crippen LogP contribution in [0.15, 0.2) is 71.5 Å². The molecule has 124 valence electrons. The highest BCUT2D eigenvalue weighted by Crippen LogP contribution is 2.19. The summed E-state index contributed by atoms with van der Waals surface area (Å²) in [5.41, 5.74) is 1.99. The van der Waals surface area contributed by atoms with E-state index in [4.69, 9.17) is 4.52 Å². The number of hydrogen-bond acceptors (Lipinski definition) is 6. The molecule has 0 aliphatic heterocycles. The molecule has 0 spiro atoms. The first kappa shape index (κ1) is 15.2. The molecule has 0 amide bonds. The molecule has 2 heterocycles. The lowest BCUT2D eigenvalue weighted by atomic mass is 10.1. The summed E-state index contributed by atoms with van der Waals surface area (Å²) in [4.78, 5) is 8.70. The Morgan fingerprint density at radius 3 is 2.48 bits per heavy atom. The van der Waals surface area contributed by atoms with Crippen molar-refractivity contribution in [2.45, 2.75) is 12.6 Å². The highest BCUT2D eigenvalue weighted by molar-refractivity contribution is 5.53. The fourth-order valence-corrected chi connectivity index (χ4v) is 2.59. The average molecular weight is 332 g/mol. The third-order valence-corrected chi connectivity index (χ3v) is 3.80. The Hall–Kier alpha value is -3.32. The van der Waals surface area contributed by atoms with Crippen LogP contribution in [0.4, 0.5) is 0 Å². The Balaban J connectivity index is 1.51. The number of aromatic amines is 1. The Kier molecular flexibility index (Phi) is 4.30. The zero-order valence-electron chi connectivity index (χ0n) is 13.3. The number of H-pyrrole nitrogens is 1. The van der Waals surface area contributed by atoms with Gasteiger partial charge < -0.3 is 4.52 Å². The Morgan fingerprint density at radius 1 is 1.00 bits per heavy atom. The van der Waals surface area contributed by atoms with Crippen LogP contribution in [0.3, 0.4) is 0 Å². The molecule has 25 heavy (non-hydrogen) atoms. The zero-order chi connectivity index (χ0) is 16.9. The van der Waals surface area contributed by atoms with Gasteiger partial charge in [0.2, 0.25) is 11.7 Å². The molecule has 2 aromatic carbocycles. The van der Waals surface area contributed by atoms with E-state index in [1.807, 2.05) is 60.7 Å². The van der Waals surface area contributed by atoms with E-state index in [1.165, 1.54) is 6.33 Å². The summed E-state index contributed by atoms with van der Waals surface area (Å²) < 4.78 is 5.35. The summed E-state index contributed by atoms with van der Waals surface area (Å²) in [7, 11) is 0. The molecule has 7 heteroatoms. The third kappa shape index (κ3) is 3.46. The van der Waals surface area contributed by atoms with Crippen LogP contribution >= 0.6 is 0 Å². The monoisotopic (exact) mass is 332 g/mol. The number of nitrogens with zero attached hydrogens (tertiary/aromatic N) is 4. The maximum absolute atomic E-state index is 5.35. The van der Waals surface area contributed by atoms with Crippen LogP contribution in [0.1, 0.15) is 23.3 Å². The van der Waals surface area contributed by atoms with Crippen LogP contribution in [-0.2, 0) is 6.54 Å². The predicted molar refractivity (Wildman–Crippen MR) is 91.2 cm³/mol. The molecular weight excluding hydrogens is 316 g/mol. The molecule has 0 aliphatic carbocycles. The molecule has 7 nitrogen and oxygen atoms in total. The van der Waals surface area contributed by atoms with Crippen molar-refractivity contribution in [2.24, 2.45) is 0 Å². The maximum atomic E-state index is 5.35. The van der Waals surface area contributed by atoms with E-state index in [0.29, 0.717) is 18.3 Å². The van der Waals surface area contributed by atoms with Crippen molar-refractivity contribution in [3.8, 4) is 11.4 Å². The lowest BCUT2D eigenvalue weighted by molar-refractivity contribution is 0.361. The summed E-state index contributed by atoms with van der Waals surface area (Å²) in [6.07, 6.45) is 1.49. The lowest BCUT2D eigenvalue weighted by Crippen LogP contribution is -2.23. The minimum Gasteiger partial charge on any atom is -0.338 e. The Labute approximate surface area is 144 Å². The number of hydrogen-bond donors (Lipinski definition) is 2. The van der Waals surface area contributed by atoms with Gasteiger partial charge in [-0.25, -0.2) is 4.98 Å². The van der Waals surface area contributed by atoms with Gasteiger partial charge in [-0.1, -0.05) is 65.8 Å². The highest BCUT2D eigenvalue weighted by atomic mass is 16.5. The SMILES string of the molecule is c1ccc(-c2noc(CN[C@H](c3ccccc3)c3ncn[nH]3)n2)cc1.